The van der Waals surface area contributed by atoms with Gasteiger partial charge in [-0.2, -0.15) is 5.10 Å². The maximum atomic E-state index is 5.35. The van der Waals surface area contributed by atoms with Gasteiger partial charge in [-0.05, 0) is 18.6 Å². The van der Waals surface area contributed by atoms with Gasteiger partial charge in [0.1, 0.15) is 11.5 Å². The van der Waals surface area contributed by atoms with Gasteiger partial charge >= 0.3 is 0 Å². The zero-order chi connectivity index (χ0) is 9.54. The molecule has 0 radical (unpaired) electrons. The predicted molar refractivity (Wildman–Crippen MR) is 53.1 cm³/mol. The fourth-order valence-electron chi connectivity index (χ4n) is 1.94. The lowest BCUT2D eigenvalue weighted by Crippen LogP contribution is -2.01. The van der Waals surface area contributed by atoms with Crippen LogP contribution < -0.4 is 5.32 Å². The third kappa shape index (κ3) is 0.907. The van der Waals surface area contributed by atoms with E-state index >= 15 is 0 Å². The fraction of sp³-hybridized carbons (Fsp3) is 0.300. The molecule has 3 heterocycles. The Hall–Kier alpha value is -1.71. The van der Waals surface area contributed by atoms with Gasteiger partial charge in [0, 0.05) is 19.2 Å². The highest BCUT2D eigenvalue weighted by atomic mass is 16.3. The van der Waals surface area contributed by atoms with Gasteiger partial charge in [0.2, 0.25) is 0 Å². The van der Waals surface area contributed by atoms with Crippen LogP contribution in [0.3, 0.4) is 0 Å². The normalized spacial score (nSPS) is 14.1. The van der Waals surface area contributed by atoms with Crippen molar-refractivity contribution in [2.75, 3.05) is 11.9 Å². The highest BCUT2D eigenvalue weighted by Gasteiger charge is 2.22. The summed E-state index contributed by atoms with van der Waals surface area (Å²) in [5.74, 6) is 1.97. The quantitative estimate of drug-likeness (QED) is 0.741. The number of hydrogen-bond acceptors (Lipinski definition) is 3. The summed E-state index contributed by atoms with van der Waals surface area (Å²) in [4.78, 5) is 0. The van der Waals surface area contributed by atoms with Gasteiger partial charge in [0.25, 0.3) is 0 Å². The highest BCUT2D eigenvalue weighted by Crippen LogP contribution is 2.31. The SMILES string of the molecule is Cn1nc(-c2ccco2)c2c1NCC2. The topological polar surface area (TPSA) is 43.0 Å². The van der Waals surface area contributed by atoms with E-state index in [0.717, 1.165) is 30.2 Å². The van der Waals surface area contributed by atoms with E-state index in [1.54, 1.807) is 6.26 Å². The summed E-state index contributed by atoms with van der Waals surface area (Å²) in [6, 6.07) is 3.83. The highest BCUT2D eigenvalue weighted by molar-refractivity contribution is 5.67. The van der Waals surface area contributed by atoms with Crippen molar-refractivity contribution in [1.82, 2.24) is 9.78 Å². The Labute approximate surface area is 81.5 Å². The number of hydrogen-bond donors (Lipinski definition) is 1. The van der Waals surface area contributed by atoms with E-state index < -0.39 is 0 Å². The van der Waals surface area contributed by atoms with Crippen LogP contribution in [0.5, 0.6) is 0 Å². The molecule has 0 unspecified atom stereocenters. The largest absolute Gasteiger partial charge is 0.463 e. The molecule has 1 N–H and O–H groups in total. The molecule has 0 saturated heterocycles. The van der Waals surface area contributed by atoms with Crippen LogP contribution in [0.1, 0.15) is 5.56 Å². The third-order valence-electron chi connectivity index (χ3n) is 2.57. The molecule has 0 bridgehead atoms. The van der Waals surface area contributed by atoms with Gasteiger partial charge in [-0.1, -0.05) is 0 Å². The van der Waals surface area contributed by atoms with Gasteiger partial charge in [0.05, 0.1) is 6.26 Å². The number of furan rings is 1. The summed E-state index contributed by atoms with van der Waals surface area (Å²) in [7, 11) is 1.95. The Morgan fingerprint density at radius 2 is 2.50 bits per heavy atom. The molecule has 1 aliphatic rings. The Bertz CT molecular complexity index is 456. The third-order valence-corrected chi connectivity index (χ3v) is 2.57. The number of anilines is 1. The first-order valence-corrected chi connectivity index (χ1v) is 4.70. The monoisotopic (exact) mass is 189 g/mol. The molecule has 2 aromatic heterocycles. The Balaban J connectivity index is 2.20. The summed E-state index contributed by atoms with van der Waals surface area (Å²) >= 11 is 0. The minimum absolute atomic E-state index is 0.852. The van der Waals surface area contributed by atoms with Crippen LogP contribution in [0.4, 0.5) is 5.82 Å². The number of rotatable bonds is 1. The molecule has 4 nitrogen and oxygen atoms in total. The Kier molecular flexibility index (Phi) is 1.45. The number of nitrogens with zero attached hydrogens (tertiary/aromatic N) is 2. The summed E-state index contributed by atoms with van der Waals surface area (Å²) in [6.45, 7) is 0.995. The zero-order valence-corrected chi connectivity index (χ0v) is 7.95. The van der Waals surface area contributed by atoms with Crippen molar-refractivity contribution < 1.29 is 4.42 Å². The van der Waals surface area contributed by atoms with E-state index in [0.29, 0.717) is 0 Å². The minimum atomic E-state index is 0.852. The van der Waals surface area contributed by atoms with Crippen molar-refractivity contribution in [1.29, 1.82) is 0 Å². The van der Waals surface area contributed by atoms with Crippen LogP contribution in [0.25, 0.3) is 11.5 Å². The van der Waals surface area contributed by atoms with Gasteiger partial charge in [-0.3, -0.25) is 4.68 Å². The first kappa shape index (κ1) is 7.67. The lowest BCUT2D eigenvalue weighted by atomic mass is 10.2. The molecule has 0 aliphatic carbocycles. The van der Waals surface area contributed by atoms with E-state index in [1.807, 2.05) is 23.9 Å². The maximum Gasteiger partial charge on any atom is 0.154 e. The number of nitrogens with one attached hydrogen (secondary N) is 1. The van der Waals surface area contributed by atoms with E-state index in [-0.39, 0.29) is 0 Å². The van der Waals surface area contributed by atoms with Crippen molar-refractivity contribution in [3.63, 3.8) is 0 Å². The van der Waals surface area contributed by atoms with Crippen LogP contribution in [0, 0.1) is 0 Å². The van der Waals surface area contributed by atoms with E-state index in [4.69, 9.17) is 4.42 Å². The molecule has 4 heteroatoms. The van der Waals surface area contributed by atoms with Crippen LogP contribution in [0.2, 0.25) is 0 Å². The molecule has 72 valence electrons. The van der Waals surface area contributed by atoms with Gasteiger partial charge in [-0.25, -0.2) is 0 Å². The van der Waals surface area contributed by atoms with Crippen molar-refractivity contribution in [3.05, 3.63) is 24.0 Å². The van der Waals surface area contributed by atoms with Gasteiger partial charge in [0.15, 0.2) is 5.76 Å². The lowest BCUT2D eigenvalue weighted by Gasteiger charge is -1.96. The average Bonchev–Trinajstić information content (AvgIpc) is 2.84. The smallest absolute Gasteiger partial charge is 0.154 e. The number of fused-ring (bicyclic) bond motifs is 1. The van der Waals surface area contributed by atoms with Crippen molar-refractivity contribution in [3.8, 4) is 11.5 Å². The fourth-order valence-corrected chi connectivity index (χ4v) is 1.94. The van der Waals surface area contributed by atoms with E-state index in [9.17, 15) is 0 Å². The second-order valence-corrected chi connectivity index (χ2v) is 3.45. The molecule has 0 saturated carbocycles. The van der Waals surface area contributed by atoms with Gasteiger partial charge < -0.3 is 9.73 Å². The molecule has 0 spiro atoms. The lowest BCUT2D eigenvalue weighted by molar-refractivity contribution is 0.577. The standard InChI is InChI=1S/C10H11N3O/c1-13-10-7(4-5-11-10)9(12-13)8-3-2-6-14-8/h2-3,6,11H,4-5H2,1H3. The average molecular weight is 189 g/mol. The molecule has 3 rings (SSSR count). The molecule has 0 amide bonds. The second kappa shape index (κ2) is 2.64. The molecule has 0 atom stereocenters. The van der Waals surface area contributed by atoms with Crippen LogP contribution in [0.15, 0.2) is 22.8 Å². The summed E-state index contributed by atoms with van der Waals surface area (Å²) in [5.41, 5.74) is 2.24. The number of aromatic nitrogens is 2. The number of aryl methyl sites for hydroxylation is 1. The summed E-state index contributed by atoms with van der Waals surface area (Å²) < 4.78 is 7.23. The molecule has 14 heavy (non-hydrogen) atoms. The Morgan fingerprint density at radius 3 is 3.29 bits per heavy atom. The van der Waals surface area contributed by atoms with E-state index in [2.05, 4.69) is 10.4 Å². The molecular weight excluding hydrogens is 178 g/mol. The van der Waals surface area contributed by atoms with Gasteiger partial charge in [-0.15, -0.1) is 0 Å². The van der Waals surface area contributed by atoms with Crippen molar-refractivity contribution >= 4 is 5.82 Å². The molecular formula is C10H11N3O. The van der Waals surface area contributed by atoms with Crippen LogP contribution in [-0.2, 0) is 13.5 Å². The van der Waals surface area contributed by atoms with Crippen LogP contribution >= 0.6 is 0 Å². The van der Waals surface area contributed by atoms with Crippen molar-refractivity contribution in [2.24, 2.45) is 7.05 Å². The predicted octanol–water partition coefficient (Wildman–Crippen LogP) is 1.65. The maximum absolute atomic E-state index is 5.35. The van der Waals surface area contributed by atoms with Crippen LogP contribution in [-0.4, -0.2) is 16.3 Å². The first-order chi connectivity index (χ1) is 6.86. The zero-order valence-electron chi connectivity index (χ0n) is 7.95. The van der Waals surface area contributed by atoms with Crippen molar-refractivity contribution in [2.45, 2.75) is 6.42 Å². The summed E-state index contributed by atoms with van der Waals surface area (Å²) in [5, 5.41) is 7.74. The van der Waals surface area contributed by atoms with E-state index in [1.165, 1.54) is 5.56 Å². The second-order valence-electron chi connectivity index (χ2n) is 3.45. The molecule has 0 fully saturated rings. The molecule has 2 aromatic rings. The molecule has 0 aromatic carbocycles. The Morgan fingerprint density at radius 1 is 1.57 bits per heavy atom. The first-order valence-electron chi connectivity index (χ1n) is 4.70. The summed E-state index contributed by atoms with van der Waals surface area (Å²) in [6.07, 6.45) is 2.71. The minimum Gasteiger partial charge on any atom is -0.463 e. The molecule has 1 aliphatic heterocycles.